The number of hydrogen-bond acceptors (Lipinski definition) is 1. The van der Waals surface area contributed by atoms with E-state index in [4.69, 9.17) is 0 Å². The van der Waals surface area contributed by atoms with Crippen LogP contribution in [-0.2, 0) is 0 Å². The highest BCUT2D eigenvalue weighted by Gasteiger charge is 2.45. The molecule has 1 amide bonds. The summed E-state index contributed by atoms with van der Waals surface area (Å²) < 4.78 is 0. The highest BCUT2D eigenvalue weighted by molar-refractivity contribution is 5.66. The number of rotatable bonds is 0. The lowest BCUT2D eigenvalue weighted by atomic mass is 9.66. The Labute approximate surface area is 92.5 Å². The van der Waals surface area contributed by atoms with Crippen LogP contribution >= 0.6 is 0 Å². The van der Waals surface area contributed by atoms with Gasteiger partial charge in [-0.15, -0.1) is 0 Å². The Morgan fingerprint density at radius 1 is 1.40 bits per heavy atom. The lowest BCUT2D eigenvalue weighted by Gasteiger charge is -2.51. The number of carbonyl (C=O) groups is 1. The van der Waals surface area contributed by atoms with Gasteiger partial charge < -0.3 is 10.0 Å². The van der Waals surface area contributed by atoms with Crippen LogP contribution in [0.2, 0.25) is 0 Å². The second kappa shape index (κ2) is 3.69. The summed E-state index contributed by atoms with van der Waals surface area (Å²) >= 11 is 0. The molecule has 3 heteroatoms. The van der Waals surface area contributed by atoms with Crippen LogP contribution in [0.15, 0.2) is 0 Å². The first-order valence-corrected chi connectivity index (χ1v) is 5.68. The maximum atomic E-state index is 11.2. The van der Waals surface area contributed by atoms with Gasteiger partial charge in [0.15, 0.2) is 0 Å². The highest BCUT2D eigenvalue weighted by atomic mass is 16.4. The number of carboxylic acid groups (broad SMARTS) is 1. The van der Waals surface area contributed by atoms with Gasteiger partial charge in [0.25, 0.3) is 0 Å². The third kappa shape index (κ3) is 2.27. The molecule has 1 aliphatic heterocycles. The fourth-order valence-corrected chi connectivity index (χ4v) is 3.12. The monoisotopic (exact) mass is 213 g/mol. The van der Waals surface area contributed by atoms with Crippen molar-refractivity contribution >= 4 is 6.09 Å². The molecule has 1 N–H and O–H groups in total. The van der Waals surface area contributed by atoms with E-state index < -0.39 is 6.09 Å². The van der Waals surface area contributed by atoms with Crippen molar-refractivity contribution in [3.05, 3.63) is 0 Å². The van der Waals surface area contributed by atoms with Gasteiger partial charge in [-0.25, -0.2) is 4.79 Å². The van der Waals surface area contributed by atoms with Crippen molar-refractivity contribution in [3.63, 3.8) is 0 Å². The van der Waals surface area contributed by atoms with Gasteiger partial charge in [-0.05, 0) is 38.0 Å². The van der Waals surface area contributed by atoms with Crippen LogP contribution in [0.4, 0.5) is 4.79 Å². The molecule has 0 aromatic rings. The van der Waals surface area contributed by atoms with Gasteiger partial charge in [-0.2, -0.15) is 0 Å². The predicted octanol–water partition coefficient (Wildman–Crippen LogP) is 3.20. The third-order valence-corrected chi connectivity index (χ3v) is 3.70. The molecular weight excluding hydrogens is 190 g/mol. The molecule has 15 heavy (non-hydrogen) atoms. The van der Waals surface area contributed by atoms with Crippen molar-refractivity contribution in [1.82, 2.24) is 4.90 Å². The molecular formula is C12H23NO2. The van der Waals surface area contributed by atoms with E-state index in [1.807, 2.05) is 0 Å². The Kier molecular flexibility index (Phi) is 3.04. The number of likely N-dealkylation sites (tertiary alicyclic amines) is 1. The standard InChI is InChI=1S/C12H23NO2/c1-11(2,3)9-7-6-8-13(10(14)15)12(9,4)5/h9H,6-8H2,1-5H3,(H,14,15). The van der Waals surface area contributed by atoms with Crippen LogP contribution in [-0.4, -0.2) is 28.2 Å². The van der Waals surface area contributed by atoms with Crippen LogP contribution in [0, 0.1) is 11.3 Å². The molecule has 0 radical (unpaired) electrons. The Balaban J connectivity index is 2.97. The van der Waals surface area contributed by atoms with E-state index in [1.54, 1.807) is 4.90 Å². The van der Waals surface area contributed by atoms with E-state index >= 15 is 0 Å². The lowest BCUT2D eigenvalue weighted by Crippen LogP contribution is -2.58. The van der Waals surface area contributed by atoms with Crippen LogP contribution in [0.3, 0.4) is 0 Å². The Morgan fingerprint density at radius 2 is 1.93 bits per heavy atom. The maximum absolute atomic E-state index is 11.2. The van der Waals surface area contributed by atoms with Crippen molar-refractivity contribution in [2.75, 3.05) is 6.54 Å². The molecule has 0 aromatic carbocycles. The molecule has 1 saturated heterocycles. The summed E-state index contributed by atoms with van der Waals surface area (Å²) in [4.78, 5) is 12.8. The lowest BCUT2D eigenvalue weighted by molar-refractivity contribution is -0.0167. The van der Waals surface area contributed by atoms with Crippen molar-refractivity contribution in [3.8, 4) is 0 Å². The Morgan fingerprint density at radius 3 is 2.33 bits per heavy atom. The largest absolute Gasteiger partial charge is 0.465 e. The summed E-state index contributed by atoms with van der Waals surface area (Å²) in [7, 11) is 0. The van der Waals surface area contributed by atoms with Crippen LogP contribution in [0.1, 0.15) is 47.5 Å². The van der Waals surface area contributed by atoms with Crippen LogP contribution in [0.25, 0.3) is 0 Å². The van der Waals surface area contributed by atoms with Crippen molar-refractivity contribution in [2.24, 2.45) is 11.3 Å². The summed E-state index contributed by atoms with van der Waals surface area (Å²) in [5.41, 5.74) is -0.0834. The van der Waals surface area contributed by atoms with Crippen molar-refractivity contribution in [1.29, 1.82) is 0 Å². The number of piperidine rings is 1. The highest BCUT2D eigenvalue weighted by Crippen LogP contribution is 2.43. The minimum absolute atomic E-state index is 0.164. The summed E-state index contributed by atoms with van der Waals surface area (Å²) in [6.07, 6.45) is 1.33. The molecule has 0 bridgehead atoms. The first kappa shape index (κ1) is 12.3. The molecule has 1 heterocycles. The summed E-state index contributed by atoms with van der Waals surface area (Å²) in [6, 6.07) is 0. The molecule has 0 aliphatic carbocycles. The van der Waals surface area contributed by atoms with E-state index in [0.29, 0.717) is 12.5 Å². The zero-order chi connectivity index (χ0) is 11.9. The van der Waals surface area contributed by atoms with Gasteiger partial charge in [0.1, 0.15) is 0 Å². The topological polar surface area (TPSA) is 40.5 Å². The van der Waals surface area contributed by atoms with Gasteiger partial charge in [0, 0.05) is 12.1 Å². The first-order chi connectivity index (χ1) is 6.67. The minimum Gasteiger partial charge on any atom is -0.465 e. The normalized spacial score (nSPS) is 26.5. The summed E-state index contributed by atoms with van der Waals surface area (Å²) in [6.45, 7) is 11.4. The van der Waals surface area contributed by atoms with E-state index in [2.05, 4.69) is 34.6 Å². The number of hydrogen-bond donors (Lipinski definition) is 1. The zero-order valence-electron chi connectivity index (χ0n) is 10.5. The summed E-state index contributed by atoms with van der Waals surface area (Å²) in [5.74, 6) is 0.426. The van der Waals surface area contributed by atoms with Gasteiger partial charge in [0.2, 0.25) is 0 Å². The predicted molar refractivity (Wildman–Crippen MR) is 61.0 cm³/mol. The van der Waals surface area contributed by atoms with Crippen LogP contribution < -0.4 is 0 Å². The molecule has 0 spiro atoms. The van der Waals surface area contributed by atoms with Crippen molar-refractivity contribution in [2.45, 2.75) is 53.0 Å². The number of amides is 1. The molecule has 1 aliphatic rings. The second-order valence-corrected chi connectivity index (χ2v) is 6.15. The van der Waals surface area contributed by atoms with E-state index in [1.165, 1.54) is 0 Å². The SMILES string of the molecule is CC(C)(C)C1CCCN(C(=O)O)C1(C)C. The second-order valence-electron chi connectivity index (χ2n) is 6.15. The maximum Gasteiger partial charge on any atom is 0.407 e. The average Bonchev–Trinajstić information content (AvgIpc) is 1.99. The smallest absolute Gasteiger partial charge is 0.407 e. The molecule has 1 unspecified atom stereocenters. The molecule has 88 valence electrons. The average molecular weight is 213 g/mol. The van der Waals surface area contributed by atoms with E-state index in [-0.39, 0.29) is 11.0 Å². The van der Waals surface area contributed by atoms with Crippen LogP contribution in [0.5, 0.6) is 0 Å². The third-order valence-electron chi connectivity index (χ3n) is 3.70. The molecule has 3 nitrogen and oxygen atoms in total. The van der Waals surface area contributed by atoms with Crippen molar-refractivity contribution < 1.29 is 9.90 Å². The molecule has 1 atom stereocenters. The molecule has 0 aromatic heterocycles. The molecule has 0 saturated carbocycles. The van der Waals surface area contributed by atoms with Gasteiger partial charge in [0.05, 0.1) is 0 Å². The summed E-state index contributed by atoms with van der Waals surface area (Å²) in [5, 5.41) is 9.18. The minimum atomic E-state index is -0.783. The Bertz CT molecular complexity index is 253. The fraction of sp³-hybridized carbons (Fsp3) is 0.917. The van der Waals surface area contributed by atoms with Gasteiger partial charge in [-0.1, -0.05) is 20.8 Å². The molecule has 1 rings (SSSR count). The van der Waals surface area contributed by atoms with E-state index in [9.17, 15) is 9.90 Å². The van der Waals surface area contributed by atoms with Gasteiger partial charge in [-0.3, -0.25) is 0 Å². The zero-order valence-corrected chi connectivity index (χ0v) is 10.5. The van der Waals surface area contributed by atoms with Gasteiger partial charge >= 0.3 is 6.09 Å². The first-order valence-electron chi connectivity index (χ1n) is 5.68. The Hall–Kier alpha value is -0.730. The quantitative estimate of drug-likeness (QED) is 0.671. The fourth-order valence-electron chi connectivity index (χ4n) is 3.12. The molecule has 1 fully saturated rings. The number of nitrogens with zero attached hydrogens (tertiary/aromatic N) is 1. The van der Waals surface area contributed by atoms with E-state index in [0.717, 1.165) is 12.8 Å².